The minimum Gasteiger partial charge on any atom is -0.481 e. The fraction of sp³-hybridized carbons (Fsp3) is 0.919. The van der Waals surface area contributed by atoms with Crippen molar-refractivity contribution in [2.24, 2.45) is 0 Å². The lowest BCUT2D eigenvalue weighted by atomic mass is 9.95. The Morgan fingerprint density at radius 3 is 1.07 bits per heavy atom. The third-order valence-electron chi connectivity index (χ3n) is 8.84. The van der Waals surface area contributed by atoms with Crippen LogP contribution in [0.25, 0.3) is 0 Å². The summed E-state index contributed by atoms with van der Waals surface area (Å²) in [4.78, 5) is 35.1. The molecule has 0 spiro atoms. The summed E-state index contributed by atoms with van der Waals surface area (Å²) in [5, 5.41) is 28.6. The van der Waals surface area contributed by atoms with E-state index >= 15 is 0 Å². The number of hydrogen-bond acceptors (Lipinski definition) is 5. The number of rotatable bonds is 34. The van der Waals surface area contributed by atoms with Gasteiger partial charge in [-0.2, -0.15) is 0 Å². The highest BCUT2D eigenvalue weighted by Gasteiger charge is 2.41. The van der Waals surface area contributed by atoms with E-state index in [9.17, 15) is 24.6 Å². The molecule has 0 rings (SSSR count). The number of unbranched alkanes of at least 4 members (excludes halogenated alkanes) is 24. The first-order valence-electron chi connectivity index (χ1n) is 18.6. The van der Waals surface area contributed by atoms with Gasteiger partial charge in [0.1, 0.15) is 6.10 Å². The Kier molecular flexibility index (Phi) is 28.9. The van der Waals surface area contributed by atoms with Gasteiger partial charge in [-0.25, -0.2) is 4.79 Å². The van der Waals surface area contributed by atoms with Crippen molar-refractivity contribution < 1.29 is 34.4 Å². The van der Waals surface area contributed by atoms with Crippen LogP contribution in [0, 0.1) is 0 Å². The summed E-state index contributed by atoms with van der Waals surface area (Å²) in [6.07, 6.45) is 32.0. The molecule has 0 bridgehead atoms. The molecule has 0 aromatic rings. The number of aliphatic carboxylic acids is 2. The Morgan fingerprint density at radius 2 is 0.795 bits per heavy atom. The summed E-state index contributed by atoms with van der Waals surface area (Å²) < 4.78 is 5.64. The van der Waals surface area contributed by atoms with Gasteiger partial charge in [0, 0.05) is 0 Å². The maximum atomic E-state index is 12.6. The van der Waals surface area contributed by atoms with Gasteiger partial charge in [-0.05, 0) is 25.7 Å². The van der Waals surface area contributed by atoms with Gasteiger partial charge >= 0.3 is 17.9 Å². The Bertz CT molecular complexity index is 695. The lowest BCUT2D eigenvalue weighted by Gasteiger charge is -2.23. The molecule has 3 N–H and O–H groups in total. The average Bonchev–Trinajstić information content (AvgIpc) is 2.97. The molecule has 0 saturated heterocycles. The van der Waals surface area contributed by atoms with Crippen LogP contribution in [0.5, 0.6) is 0 Å². The predicted octanol–water partition coefficient (Wildman–Crippen LogP) is 10.5. The van der Waals surface area contributed by atoms with Crippen molar-refractivity contribution >= 4 is 17.9 Å². The molecule has 0 aromatic heterocycles. The third kappa shape index (κ3) is 26.7. The Balaban J connectivity index is 4.35. The highest BCUT2D eigenvalue weighted by Crippen LogP contribution is 2.22. The van der Waals surface area contributed by atoms with Gasteiger partial charge in [-0.1, -0.05) is 168 Å². The fourth-order valence-electron chi connectivity index (χ4n) is 5.97. The summed E-state index contributed by atoms with van der Waals surface area (Å²) in [5.41, 5.74) is -2.65. The molecule has 260 valence electrons. The lowest BCUT2D eigenvalue weighted by Crippen LogP contribution is -2.43. The van der Waals surface area contributed by atoms with Crippen molar-refractivity contribution in [1.29, 1.82) is 0 Å². The number of carboxylic acid groups (broad SMARTS) is 2. The van der Waals surface area contributed by atoms with Crippen LogP contribution in [0.3, 0.4) is 0 Å². The van der Waals surface area contributed by atoms with Crippen LogP contribution in [0.1, 0.15) is 206 Å². The van der Waals surface area contributed by atoms with Gasteiger partial charge in [0.2, 0.25) is 0 Å². The van der Waals surface area contributed by atoms with E-state index in [-0.39, 0.29) is 6.10 Å². The van der Waals surface area contributed by atoms with Gasteiger partial charge < -0.3 is 20.1 Å². The first-order chi connectivity index (χ1) is 21.2. The largest absolute Gasteiger partial charge is 0.481 e. The zero-order valence-electron chi connectivity index (χ0n) is 28.8. The molecule has 0 aliphatic carbocycles. The molecule has 7 nitrogen and oxygen atoms in total. The summed E-state index contributed by atoms with van der Waals surface area (Å²) in [5.74, 6) is -4.04. The maximum Gasteiger partial charge on any atom is 0.336 e. The minimum atomic E-state index is -2.65. The molecule has 0 aliphatic rings. The summed E-state index contributed by atoms with van der Waals surface area (Å²) in [7, 11) is 0. The first kappa shape index (κ1) is 42.4. The van der Waals surface area contributed by atoms with Crippen molar-refractivity contribution in [3.05, 3.63) is 0 Å². The van der Waals surface area contributed by atoms with Crippen LogP contribution in [-0.4, -0.2) is 44.9 Å². The van der Waals surface area contributed by atoms with E-state index < -0.39 is 36.4 Å². The van der Waals surface area contributed by atoms with E-state index in [0.29, 0.717) is 12.8 Å². The van der Waals surface area contributed by atoms with Gasteiger partial charge in [-0.15, -0.1) is 0 Å². The van der Waals surface area contributed by atoms with E-state index in [0.717, 1.165) is 38.5 Å². The number of carbonyl (C=O) groups excluding carboxylic acids is 1. The van der Waals surface area contributed by atoms with Crippen LogP contribution >= 0.6 is 0 Å². The summed E-state index contributed by atoms with van der Waals surface area (Å²) in [6, 6.07) is 0. The number of carbonyl (C=O) groups is 3. The van der Waals surface area contributed by atoms with E-state index in [1.54, 1.807) is 0 Å². The second kappa shape index (κ2) is 30.0. The molecule has 44 heavy (non-hydrogen) atoms. The molecular weight excluding hydrogens is 556 g/mol. The molecule has 0 heterocycles. The summed E-state index contributed by atoms with van der Waals surface area (Å²) >= 11 is 0. The Morgan fingerprint density at radius 1 is 0.500 bits per heavy atom. The van der Waals surface area contributed by atoms with E-state index in [1.807, 2.05) is 0 Å². The van der Waals surface area contributed by atoms with Gasteiger partial charge in [0.15, 0.2) is 5.60 Å². The zero-order chi connectivity index (χ0) is 32.7. The van der Waals surface area contributed by atoms with Crippen molar-refractivity contribution in [3.63, 3.8) is 0 Å². The zero-order valence-corrected chi connectivity index (χ0v) is 28.8. The topological polar surface area (TPSA) is 121 Å². The number of hydrogen-bond donors (Lipinski definition) is 3. The van der Waals surface area contributed by atoms with Crippen LogP contribution in [0.15, 0.2) is 0 Å². The third-order valence-corrected chi connectivity index (χ3v) is 8.84. The average molecular weight is 627 g/mol. The molecule has 0 amide bonds. The second-order valence-corrected chi connectivity index (χ2v) is 13.3. The van der Waals surface area contributed by atoms with E-state index in [1.165, 1.54) is 128 Å². The molecule has 0 saturated carbocycles. The highest BCUT2D eigenvalue weighted by molar-refractivity contribution is 5.88. The molecule has 0 aliphatic heterocycles. The molecule has 2 atom stereocenters. The Hall–Kier alpha value is -1.63. The second-order valence-electron chi connectivity index (χ2n) is 13.3. The minimum absolute atomic E-state index is 0.328. The summed E-state index contributed by atoms with van der Waals surface area (Å²) in [6.45, 7) is 4.50. The van der Waals surface area contributed by atoms with Crippen LogP contribution in [-0.2, 0) is 19.1 Å². The number of ether oxygens (including phenoxy) is 1. The SMILES string of the molecule is CCCCCCCCCCCCCCCCC(CCCCCCCCCCCCCC)OC(=O)CC(O)(CC(=O)O)C(=O)O. The molecular formula is C37H70O7. The number of carboxylic acids is 2. The predicted molar refractivity (Wildman–Crippen MR) is 180 cm³/mol. The van der Waals surface area contributed by atoms with Gasteiger partial charge in [0.25, 0.3) is 0 Å². The number of esters is 1. The Labute approximate surface area is 270 Å². The van der Waals surface area contributed by atoms with Gasteiger partial charge in [0.05, 0.1) is 12.8 Å². The molecule has 0 radical (unpaired) electrons. The smallest absolute Gasteiger partial charge is 0.336 e. The highest BCUT2D eigenvalue weighted by atomic mass is 16.5. The van der Waals surface area contributed by atoms with Crippen molar-refractivity contribution in [2.45, 2.75) is 218 Å². The van der Waals surface area contributed by atoms with Crippen molar-refractivity contribution in [2.75, 3.05) is 0 Å². The van der Waals surface area contributed by atoms with Crippen LogP contribution in [0.2, 0.25) is 0 Å². The maximum absolute atomic E-state index is 12.6. The first-order valence-corrected chi connectivity index (χ1v) is 18.6. The van der Waals surface area contributed by atoms with E-state index in [4.69, 9.17) is 9.84 Å². The van der Waals surface area contributed by atoms with E-state index in [2.05, 4.69) is 13.8 Å². The monoisotopic (exact) mass is 627 g/mol. The standard InChI is InChI=1S/C37H70O7/c1-3-5-7-9-11-13-15-17-18-20-22-24-26-28-30-33(44-35(40)32-37(43,36(41)42)31-34(38)39)29-27-25-23-21-19-16-14-12-10-8-6-4-2/h33,43H,3-32H2,1-2H3,(H,38,39)(H,41,42). The van der Waals surface area contributed by atoms with Crippen LogP contribution in [0.4, 0.5) is 0 Å². The fourth-order valence-corrected chi connectivity index (χ4v) is 5.97. The number of aliphatic hydroxyl groups is 1. The van der Waals surface area contributed by atoms with Gasteiger partial charge in [-0.3, -0.25) is 9.59 Å². The van der Waals surface area contributed by atoms with Crippen molar-refractivity contribution in [3.8, 4) is 0 Å². The van der Waals surface area contributed by atoms with Crippen LogP contribution < -0.4 is 0 Å². The molecule has 2 unspecified atom stereocenters. The molecule has 0 aromatic carbocycles. The normalized spacial score (nSPS) is 13.4. The quantitative estimate of drug-likeness (QED) is 0.0480. The van der Waals surface area contributed by atoms with Crippen molar-refractivity contribution in [1.82, 2.24) is 0 Å². The molecule has 7 heteroatoms. The lowest BCUT2D eigenvalue weighted by molar-refractivity contribution is -0.173. The molecule has 0 fully saturated rings.